The zero-order chi connectivity index (χ0) is 20.9. The Kier molecular flexibility index (Phi) is 5.38. The highest BCUT2D eigenvalue weighted by atomic mass is 16.5. The number of rotatable bonds is 6. The van der Waals surface area contributed by atoms with Crippen LogP contribution in [-0.4, -0.2) is 27.5 Å². The lowest BCUT2D eigenvalue weighted by Gasteiger charge is -2.14. The van der Waals surface area contributed by atoms with E-state index in [9.17, 15) is 4.79 Å². The van der Waals surface area contributed by atoms with Gasteiger partial charge in [-0.3, -0.25) is 4.98 Å². The number of nitrogens with one attached hydrogen (secondary N) is 2. The molecule has 4 aromatic rings. The standard InChI is InChI=1S/C22H20N6O2/c1-2-30-22(29)14-6-3-7-15(12-14)27-20-19(23)21(26-13-25-20)28-18-10-4-9-17-16(18)8-5-11-24-17/h3-13H,2,23H2,1H3,(H2,25,26,27,28). The Balaban J connectivity index is 1.61. The lowest BCUT2D eigenvalue weighted by Crippen LogP contribution is -2.07. The molecule has 150 valence electrons. The molecule has 4 rings (SSSR count). The van der Waals surface area contributed by atoms with E-state index in [2.05, 4.69) is 25.6 Å². The van der Waals surface area contributed by atoms with Crippen molar-refractivity contribution in [3.63, 3.8) is 0 Å². The number of nitrogens with zero attached hydrogens (tertiary/aromatic N) is 3. The fraction of sp³-hybridized carbons (Fsp3) is 0.0909. The Bertz CT molecular complexity index is 1210. The number of nitrogen functional groups attached to an aromatic ring is 1. The smallest absolute Gasteiger partial charge is 0.338 e. The lowest BCUT2D eigenvalue weighted by atomic mass is 10.2. The first-order valence-corrected chi connectivity index (χ1v) is 9.41. The van der Waals surface area contributed by atoms with Crippen LogP contribution in [0.1, 0.15) is 17.3 Å². The van der Waals surface area contributed by atoms with Gasteiger partial charge in [-0.1, -0.05) is 12.1 Å². The van der Waals surface area contributed by atoms with Gasteiger partial charge in [-0.05, 0) is 49.4 Å². The molecule has 8 nitrogen and oxygen atoms in total. The Morgan fingerprint density at radius 3 is 2.63 bits per heavy atom. The first kappa shape index (κ1) is 19.1. The molecule has 0 aliphatic rings. The molecule has 0 atom stereocenters. The summed E-state index contributed by atoms with van der Waals surface area (Å²) in [6, 6.07) is 16.6. The second kappa shape index (κ2) is 8.44. The van der Waals surface area contributed by atoms with E-state index >= 15 is 0 Å². The molecule has 0 radical (unpaired) electrons. The van der Waals surface area contributed by atoms with Gasteiger partial charge in [0.2, 0.25) is 0 Å². The predicted molar refractivity (Wildman–Crippen MR) is 117 cm³/mol. The molecule has 2 aromatic carbocycles. The molecular formula is C22H20N6O2. The van der Waals surface area contributed by atoms with Crippen LogP contribution < -0.4 is 16.4 Å². The van der Waals surface area contributed by atoms with Gasteiger partial charge in [0.15, 0.2) is 11.6 Å². The first-order chi connectivity index (χ1) is 14.7. The average Bonchev–Trinajstić information content (AvgIpc) is 2.77. The van der Waals surface area contributed by atoms with E-state index < -0.39 is 0 Å². The summed E-state index contributed by atoms with van der Waals surface area (Å²) in [5.74, 6) is 0.501. The van der Waals surface area contributed by atoms with Crippen LogP contribution in [0.4, 0.5) is 28.7 Å². The molecular weight excluding hydrogens is 380 g/mol. The highest BCUT2D eigenvalue weighted by Crippen LogP contribution is 2.31. The van der Waals surface area contributed by atoms with Crippen molar-refractivity contribution < 1.29 is 9.53 Å². The molecule has 0 saturated heterocycles. The molecule has 0 saturated carbocycles. The fourth-order valence-electron chi connectivity index (χ4n) is 3.01. The van der Waals surface area contributed by atoms with Crippen LogP contribution in [0.3, 0.4) is 0 Å². The van der Waals surface area contributed by atoms with Crippen LogP contribution in [-0.2, 0) is 4.74 Å². The molecule has 30 heavy (non-hydrogen) atoms. The van der Waals surface area contributed by atoms with Crippen molar-refractivity contribution in [3.8, 4) is 0 Å². The summed E-state index contributed by atoms with van der Waals surface area (Å²) in [5.41, 5.74) is 9.46. The first-order valence-electron chi connectivity index (χ1n) is 9.41. The number of carbonyl (C=O) groups is 1. The van der Waals surface area contributed by atoms with Crippen LogP contribution >= 0.6 is 0 Å². The van der Waals surface area contributed by atoms with Gasteiger partial charge < -0.3 is 21.1 Å². The number of nitrogens with two attached hydrogens (primary N) is 1. The van der Waals surface area contributed by atoms with Gasteiger partial charge in [0.1, 0.15) is 12.0 Å². The molecule has 8 heteroatoms. The monoisotopic (exact) mass is 400 g/mol. The van der Waals surface area contributed by atoms with Crippen molar-refractivity contribution >= 4 is 45.6 Å². The maximum absolute atomic E-state index is 12.0. The third-order valence-electron chi connectivity index (χ3n) is 4.42. The van der Waals surface area contributed by atoms with Crippen molar-refractivity contribution in [2.45, 2.75) is 6.92 Å². The molecule has 2 heterocycles. The number of fused-ring (bicyclic) bond motifs is 1. The number of anilines is 5. The largest absolute Gasteiger partial charge is 0.462 e. The lowest BCUT2D eigenvalue weighted by molar-refractivity contribution is 0.0526. The molecule has 0 spiro atoms. The summed E-state index contributed by atoms with van der Waals surface area (Å²) in [4.78, 5) is 24.8. The molecule has 0 fully saturated rings. The van der Waals surface area contributed by atoms with Crippen molar-refractivity contribution in [2.24, 2.45) is 0 Å². The average molecular weight is 400 g/mol. The molecule has 0 unspecified atom stereocenters. The fourth-order valence-corrected chi connectivity index (χ4v) is 3.01. The number of hydrogen-bond donors (Lipinski definition) is 3. The maximum Gasteiger partial charge on any atom is 0.338 e. The minimum atomic E-state index is -0.385. The minimum Gasteiger partial charge on any atom is -0.462 e. The van der Waals surface area contributed by atoms with Gasteiger partial charge in [-0.2, -0.15) is 0 Å². The maximum atomic E-state index is 12.0. The Labute approximate surface area is 173 Å². The predicted octanol–water partition coefficient (Wildman–Crippen LogP) is 4.27. The second-order valence-electron chi connectivity index (χ2n) is 6.41. The molecule has 0 bridgehead atoms. The second-order valence-corrected chi connectivity index (χ2v) is 6.41. The highest BCUT2D eigenvalue weighted by molar-refractivity contribution is 5.94. The summed E-state index contributed by atoms with van der Waals surface area (Å²) in [6.07, 6.45) is 3.16. The van der Waals surface area contributed by atoms with Crippen LogP contribution in [0.5, 0.6) is 0 Å². The van der Waals surface area contributed by atoms with Crippen molar-refractivity contribution in [1.82, 2.24) is 15.0 Å². The van der Waals surface area contributed by atoms with E-state index in [4.69, 9.17) is 10.5 Å². The van der Waals surface area contributed by atoms with Gasteiger partial charge in [-0.25, -0.2) is 14.8 Å². The van der Waals surface area contributed by atoms with E-state index in [-0.39, 0.29) is 5.97 Å². The number of esters is 1. The van der Waals surface area contributed by atoms with Crippen LogP contribution in [0, 0.1) is 0 Å². The van der Waals surface area contributed by atoms with E-state index in [1.54, 1.807) is 31.3 Å². The zero-order valence-corrected chi connectivity index (χ0v) is 16.3. The number of hydrogen-bond acceptors (Lipinski definition) is 8. The summed E-state index contributed by atoms with van der Waals surface area (Å²) in [5, 5.41) is 7.35. The van der Waals surface area contributed by atoms with Crippen molar-refractivity contribution in [2.75, 3.05) is 23.0 Å². The summed E-state index contributed by atoms with van der Waals surface area (Å²) < 4.78 is 5.05. The Morgan fingerprint density at radius 1 is 1.00 bits per heavy atom. The molecule has 0 amide bonds. The van der Waals surface area contributed by atoms with E-state index in [1.165, 1.54) is 6.33 Å². The highest BCUT2D eigenvalue weighted by Gasteiger charge is 2.12. The SMILES string of the molecule is CCOC(=O)c1cccc(Nc2ncnc(Nc3cccc4ncccc34)c2N)c1. The summed E-state index contributed by atoms with van der Waals surface area (Å²) in [6.45, 7) is 2.08. The van der Waals surface area contributed by atoms with Crippen LogP contribution in [0.25, 0.3) is 10.9 Å². The van der Waals surface area contributed by atoms with Crippen LogP contribution in [0.2, 0.25) is 0 Å². The van der Waals surface area contributed by atoms with E-state index in [0.29, 0.717) is 35.2 Å². The number of aromatic nitrogens is 3. The number of carbonyl (C=O) groups excluding carboxylic acids is 1. The van der Waals surface area contributed by atoms with Gasteiger partial charge in [0.05, 0.1) is 17.7 Å². The molecule has 0 aliphatic carbocycles. The normalized spacial score (nSPS) is 10.6. The van der Waals surface area contributed by atoms with Gasteiger partial charge >= 0.3 is 5.97 Å². The Hall–Kier alpha value is -4.20. The van der Waals surface area contributed by atoms with Gasteiger partial charge in [-0.15, -0.1) is 0 Å². The van der Waals surface area contributed by atoms with E-state index in [0.717, 1.165) is 16.6 Å². The summed E-state index contributed by atoms with van der Waals surface area (Å²) in [7, 11) is 0. The minimum absolute atomic E-state index is 0.314. The van der Waals surface area contributed by atoms with Gasteiger partial charge in [0, 0.05) is 23.0 Å². The number of ether oxygens (including phenoxy) is 1. The van der Waals surface area contributed by atoms with E-state index in [1.807, 2.05) is 36.4 Å². The summed E-state index contributed by atoms with van der Waals surface area (Å²) >= 11 is 0. The number of pyridine rings is 1. The topological polar surface area (TPSA) is 115 Å². The third-order valence-corrected chi connectivity index (χ3v) is 4.42. The van der Waals surface area contributed by atoms with Crippen molar-refractivity contribution in [1.29, 1.82) is 0 Å². The number of benzene rings is 2. The molecule has 4 N–H and O–H groups in total. The molecule has 2 aromatic heterocycles. The van der Waals surface area contributed by atoms with Crippen LogP contribution in [0.15, 0.2) is 67.1 Å². The Morgan fingerprint density at radius 2 is 1.80 bits per heavy atom. The third kappa shape index (κ3) is 3.97. The quantitative estimate of drug-likeness (QED) is 0.411. The zero-order valence-electron chi connectivity index (χ0n) is 16.3. The molecule has 0 aliphatic heterocycles. The van der Waals surface area contributed by atoms with Crippen molar-refractivity contribution in [3.05, 3.63) is 72.7 Å². The van der Waals surface area contributed by atoms with Gasteiger partial charge in [0.25, 0.3) is 0 Å².